The fourth-order valence-electron chi connectivity index (χ4n) is 2.24. The highest BCUT2D eigenvalue weighted by molar-refractivity contribution is 7.89. The molecule has 0 aliphatic carbocycles. The van der Waals surface area contributed by atoms with Gasteiger partial charge >= 0.3 is 0 Å². The molecule has 0 fully saturated rings. The smallest absolute Gasteiger partial charge is 0.246 e. The van der Waals surface area contributed by atoms with Gasteiger partial charge in [0, 0.05) is 25.5 Å². The summed E-state index contributed by atoms with van der Waals surface area (Å²) in [6, 6.07) is 7.15. The molecule has 0 bridgehead atoms. The van der Waals surface area contributed by atoms with E-state index in [-0.39, 0.29) is 17.2 Å². The van der Waals surface area contributed by atoms with Crippen LogP contribution in [0.4, 0.5) is 4.39 Å². The summed E-state index contributed by atoms with van der Waals surface area (Å²) in [5.74, 6) is -0.483. The standard InChI is InChI=1S/C16H19FN2O3S/c1-3-19(11-8-13-6-9-18-10-7-13)23(20,21)16-12-14(17)4-5-15(16)22-2/h4-7,9-10,12H,3,8,11H2,1-2H3. The van der Waals surface area contributed by atoms with Gasteiger partial charge in [-0.3, -0.25) is 4.98 Å². The number of aromatic nitrogens is 1. The molecule has 0 aliphatic heterocycles. The summed E-state index contributed by atoms with van der Waals surface area (Å²) in [5, 5.41) is 0. The van der Waals surface area contributed by atoms with Crippen LogP contribution in [0.15, 0.2) is 47.6 Å². The number of hydrogen-bond acceptors (Lipinski definition) is 4. The second kappa shape index (κ2) is 7.52. The van der Waals surface area contributed by atoms with Gasteiger partial charge in [0.15, 0.2) is 0 Å². The molecule has 0 amide bonds. The predicted octanol–water partition coefficient (Wildman–Crippen LogP) is 2.48. The minimum Gasteiger partial charge on any atom is -0.495 e. The molecule has 1 heterocycles. The van der Waals surface area contributed by atoms with Crippen molar-refractivity contribution in [1.29, 1.82) is 0 Å². The Labute approximate surface area is 135 Å². The quantitative estimate of drug-likeness (QED) is 0.778. The number of pyridine rings is 1. The summed E-state index contributed by atoms with van der Waals surface area (Å²) in [5.41, 5.74) is 0.986. The zero-order chi connectivity index (χ0) is 16.9. The van der Waals surface area contributed by atoms with Gasteiger partial charge < -0.3 is 4.74 Å². The third kappa shape index (κ3) is 4.05. The molecule has 23 heavy (non-hydrogen) atoms. The Hall–Kier alpha value is -1.99. The highest BCUT2D eigenvalue weighted by atomic mass is 32.2. The van der Waals surface area contributed by atoms with Crippen molar-refractivity contribution in [2.24, 2.45) is 0 Å². The number of sulfonamides is 1. The molecule has 1 aromatic carbocycles. The zero-order valence-electron chi connectivity index (χ0n) is 13.1. The zero-order valence-corrected chi connectivity index (χ0v) is 13.9. The van der Waals surface area contributed by atoms with E-state index in [1.54, 1.807) is 19.3 Å². The molecule has 5 nitrogen and oxygen atoms in total. The molecule has 0 atom stereocenters. The van der Waals surface area contributed by atoms with E-state index in [0.717, 1.165) is 11.6 Å². The van der Waals surface area contributed by atoms with Gasteiger partial charge in [0.05, 0.1) is 7.11 Å². The first kappa shape index (κ1) is 17.4. The molecule has 0 unspecified atom stereocenters. The molecule has 7 heteroatoms. The van der Waals surface area contributed by atoms with E-state index in [2.05, 4.69) is 4.98 Å². The van der Waals surface area contributed by atoms with E-state index in [0.29, 0.717) is 13.0 Å². The lowest BCUT2D eigenvalue weighted by Crippen LogP contribution is -2.33. The van der Waals surface area contributed by atoms with Crippen LogP contribution in [-0.2, 0) is 16.4 Å². The Morgan fingerprint density at radius 2 is 1.91 bits per heavy atom. The van der Waals surface area contributed by atoms with Crippen LogP contribution in [0.2, 0.25) is 0 Å². The summed E-state index contributed by atoms with van der Waals surface area (Å²) in [4.78, 5) is 3.78. The van der Waals surface area contributed by atoms with Crippen LogP contribution in [0.25, 0.3) is 0 Å². The Kier molecular flexibility index (Phi) is 5.68. The molecule has 2 aromatic rings. The van der Waals surface area contributed by atoms with Gasteiger partial charge in [0.2, 0.25) is 10.0 Å². The SMILES string of the molecule is CCN(CCc1ccncc1)S(=O)(=O)c1cc(F)ccc1OC. The number of methoxy groups -OCH3 is 1. The molecular formula is C16H19FN2O3S. The Bertz CT molecular complexity index is 751. The van der Waals surface area contributed by atoms with Gasteiger partial charge in [0.1, 0.15) is 16.5 Å². The van der Waals surface area contributed by atoms with Crippen molar-refractivity contribution in [2.75, 3.05) is 20.2 Å². The van der Waals surface area contributed by atoms with Gasteiger partial charge in [-0.15, -0.1) is 0 Å². The van der Waals surface area contributed by atoms with Crippen molar-refractivity contribution in [3.05, 3.63) is 54.1 Å². The van der Waals surface area contributed by atoms with Crippen LogP contribution in [-0.4, -0.2) is 37.9 Å². The second-order valence-corrected chi connectivity index (χ2v) is 6.80. The lowest BCUT2D eigenvalue weighted by molar-refractivity contribution is 0.391. The van der Waals surface area contributed by atoms with Crippen LogP contribution >= 0.6 is 0 Å². The molecule has 2 rings (SSSR count). The van der Waals surface area contributed by atoms with Gasteiger partial charge in [-0.1, -0.05) is 6.92 Å². The molecule has 124 valence electrons. The van der Waals surface area contributed by atoms with E-state index in [1.165, 1.54) is 23.5 Å². The van der Waals surface area contributed by atoms with Crippen molar-refractivity contribution in [3.8, 4) is 5.75 Å². The minimum absolute atomic E-state index is 0.133. The number of nitrogens with zero attached hydrogens (tertiary/aromatic N) is 2. The van der Waals surface area contributed by atoms with E-state index in [9.17, 15) is 12.8 Å². The highest BCUT2D eigenvalue weighted by Crippen LogP contribution is 2.27. The summed E-state index contributed by atoms with van der Waals surface area (Å²) < 4.78 is 45.4. The van der Waals surface area contributed by atoms with Crippen molar-refractivity contribution in [1.82, 2.24) is 9.29 Å². The normalized spacial score (nSPS) is 11.7. The van der Waals surface area contributed by atoms with E-state index >= 15 is 0 Å². The fourth-order valence-corrected chi connectivity index (χ4v) is 3.86. The van der Waals surface area contributed by atoms with Crippen LogP contribution in [0, 0.1) is 5.82 Å². The Balaban J connectivity index is 2.27. The average molecular weight is 338 g/mol. The number of benzene rings is 1. The molecule has 0 aliphatic rings. The Morgan fingerprint density at radius 1 is 1.22 bits per heavy atom. The number of hydrogen-bond donors (Lipinski definition) is 0. The number of halogens is 1. The van der Waals surface area contributed by atoms with Crippen LogP contribution in [0.3, 0.4) is 0 Å². The maximum atomic E-state index is 13.5. The molecule has 0 spiro atoms. The third-order valence-electron chi connectivity index (χ3n) is 3.50. The van der Waals surface area contributed by atoms with Gasteiger partial charge in [-0.05, 0) is 42.3 Å². The second-order valence-electron chi connectivity index (χ2n) is 4.90. The average Bonchev–Trinajstić information content (AvgIpc) is 2.56. The van der Waals surface area contributed by atoms with Crippen LogP contribution in [0.1, 0.15) is 12.5 Å². The van der Waals surface area contributed by atoms with Gasteiger partial charge in [-0.2, -0.15) is 4.31 Å². The van der Waals surface area contributed by atoms with E-state index in [1.807, 2.05) is 12.1 Å². The lowest BCUT2D eigenvalue weighted by Gasteiger charge is -2.21. The van der Waals surface area contributed by atoms with Crippen LogP contribution < -0.4 is 4.74 Å². The van der Waals surface area contributed by atoms with Gasteiger partial charge in [0.25, 0.3) is 0 Å². The summed E-state index contributed by atoms with van der Waals surface area (Å²) in [7, 11) is -2.47. The third-order valence-corrected chi connectivity index (χ3v) is 5.49. The molecule has 0 radical (unpaired) electrons. The van der Waals surface area contributed by atoms with Gasteiger partial charge in [-0.25, -0.2) is 12.8 Å². The topological polar surface area (TPSA) is 59.5 Å². The highest BCUT2D eigenvalue weighted by Gasteiger charge is 2.27. The van der Waals surface area contributed by atoms with Crippen molar-refractivity contribution < 1.29 is 17.5 Å². The summed E-state index contributed by atoms with van der Waals surface area (Å²) in [6.07, 6.45) is 3.87. The number of ether oxygens (including phenoxy) is 1. The van der Waals surface area contributed by atoms with Crippen molar-refractivity contribution in [2.45, 2.75) is 18.2 Å². The lowest BCUT2D eigenvalue weighted by atomic mass is 10.2. The van der Waals surface area contributed by atoms with E-state index < -0.39 is 15.8 Å². The van der Waals surface area contributed by atoms with Crippen molar-refractivity contribution >= 4 is 10.0 Å². The number of rotatable bonds is 7. The molecule has 0 N–H and O–H groups in total. The first-order valence-electron chi connectivity index (χ1n) is 7.21. The van der Waals surface area contributed by atoms with Crippen LogP contribution in [0.5, 0.6) is 5.75 Å². The monoisotopic (exact) mass is 338 g/mol. The Morgan fingerprint density at radius 3 is 2.52 bits per heavy atom. The minimum atomic E-state index is -3.83. The van der Waals surface area contributed by atoms with E-state index in [4.69, 9.17) is 4.74 Å². The molecular weight excluding hydrogens is 319 g/mol. The molecule has 0 saturated heterocycles. The number of likely N-dealkylation sites (N-methyl/N-ethyl adjacent to an activating group) is 1. The first-order chi connectivity index (χ1) is 11.0. The summed E-state index contributed by atoms with van der Waals surface area (Å²) in [6.45, 7) is 2.32. The summed E-state index contributed by atoms with van der Waals surface area (Å²) >= 11 is 0. The van der Waals surface area contributed by atoms with Crippen molar-refractivity contribution in [3.63, 3.8) is 0 Å². The maximum absolute atomic E-state index is 13.5. The molecule has 1 aromatic heterocycles. The predicted molar refractivity (Wildman–Crippen MR) is 85.3 cm³/mol. The fraction of sp³-hybridized carbons (Fsp3) is 0.312. The maximum Gasteiger partial charge on any atom is 0.246 e. The largest absolute Gasteiger partial charge is 0.495 e. The first-order valence-corrected chi connectivity index (χ1v) is 8.65. The molecule has 0 saturated carbocycles.